The van der Waals surface area contributed by atoms with E-state index in [4.69, 9.17) is 15.3 Å². The molecular weight excluding hydrogens is 188 g/mol. The monoisotopic (exact) mass is 196 g/mol. The fourth-order valence-corrected chi connectivity index (χ4v) is 0.951. The van der Waals surface area contributed by atoms with E-state index in [1.54, 1.807) is 0 Å². The van der Waals surface area contributed by atoms with Crippen LogP contribution in [-0.4, -0.2) is 27.3 Å². The van der Waals surface area contributed by atoms with E-state index in [0.717, 1.165) is 0 Å². The summed E-state index contributed by atoms with van der Waals surface area (Å²) in [5, 5.41) is 26.1. The number of rotatable bonds is 3. The van der Waals surface area contributed by atoms with Gasteiger partial charge in [-0.25, -0.2) is 9.59 Å². The van der Waals surface area contributed by atoms with Gasteiger partial charge in [0.2, 0.25) is 0 Å². The van der Waals surface area contributed by atoms with Crippen LogP contribution < -0.4 is 0 Å². The van der Waals surface area contributed by atoms with Crippen molar-refractivity contribution in [2.45, 2.75) is 6.10 Å². The van der Waals surface area contributed by atoms with Crippen molar-refractivity contribution in [2.24, 2.45) is 0 Å². The standard InChI is InChI=1S/C9H8O5/c10-7(9(13)14)5-1-3-6(4-2-5)8(11)12/h1-4,7,10H,(H,11,12)(H,13,14)/t7-/m1/s1. The smallest absolute Gasteiger partial charge is 0.337 e. The maximum atomic E-state index is 10.4. The van der Waals surface area contributed by atoms with E-state index in [9.17, 15) is 9.59 Å². The number of hydrogen-bond acceptors (Lipinski definition) is 3. The van der Waals surface area contributed by atoms with Crippen molar-refractivity contribution >= 4 is 11.9 Å². The van der Waals surface area contributed by atoms with Crippen LogP contribution in [0.25, 0.3) is 0 Å². The van der Waals surface area contributed by atoms with Gasteiger partial charge < -0.3 is 15.3 Å². The fraction of sp³-hybridized carbons (Fsp3) is 0.111. The van der Waals surface area contributed by atoms with Crippen molar-refractivity contribution in [3.05, 3.63) is 35.4 Å². The highest BCUT2D eigenvalue weighted by atomic mass is 16.4. The molecule has 0 heterocycles. The molecular formula is C9H8O5. The Hall–Kier alpha value is -1.88. The lowest BCUT2D eigenvalue weighted by atomic mass is 10.1. The lowest BCUT2D eigenvalue weighted by Gasteiger charge is -2.05. The lowest BCUT2D eigenvalue weighted by molar-refractivity contribution is -0.146. The van der Waals surface area contributed by atoms with Crippen LogP contribution in [-0.2, 0) is 4.79 Å². The molecule has 0 saturated heterocycles. The molecule has 0 bridgehead atoms. The zero-order valence-electron chi connectivity index (χ0n) is 7.04. The number of aliphatic carboxylic acids is 1. The SMILES string of the molecule is O=C(O)c1ccc([C@@H](O)C(=O)O)cc1. The Labute approximate surface area is 79.2 Å². The van der Waals surface area contributed by atoms with E-state index < -0.39 is 18.0 Å². The molecule has 74 valence electrons. The Kier molecular flexibility index (Phi) is 2.83. The van der Waals surface area contributed by atoms with E-state index in [1.165, 1.54) is 24.3 Å². The second kappa shape index (κ2) is 3.89. The third kappa shape index (κ3) is 2.08. The molecule has 0 unspecified atom stereocenters. The van der Waals surface area contributed by atoms with Crippen LogP contribution in [0.4, 0.5) is 0 Å². The van der Waals surface area contributed by atoms with Crippen molar-refractivity contribution < 1.29 is 24.9 Å². The predicted molar refractivity (Wildman–Crippen MR) is 46.0 cm³/mol. The molecule has 0 aromatic heterocycles. The number of carboxylic acids is 2. The number of aromatic carboxylic acids is 1. The van der Waals surface area contributed by atoms with Crippen LogP contribution in [0.5, 0.6) is 0 Å². The van der Waals surface area contributed by atoms with Gasteiger partial charge in [0, 0.05) is 0 Å². The first-order valence-corrected chi connectivity index (χ1v) is 3.76. The summed E-state index contributed by atoms with van der Waals surface area (Å²) in [5.74, 6) is -2.46. The molecule has 1 rings (SSSR count). The van der Waals surface area contributed by atoms with E-state index >= 15 is 0 Å². The Morgan fingerprint density at radius 3 is 1.93 bits per heavy atom. The van der Waals surface area contributed by atoms with Crippen LogP contribution >= 0.6 is 0 Å². The zero-order chi connectivity index (χ0) is 10.7. The summed E-state index contributed by atoms with van der Waals surface area (Å²) in [6.45, 7) is 0. The van der Waals surface area contributed by atoms with Crippen LogP contribution in [0.2, 0.25) is 0 Å². The maximum absolute atomic E-state index is 10.4. The number of aliphatic hydroxyl groups is 1. The van der Waals surface area contributed by atoms with Crippen LogP contribution in [0.3, 0.4) is 0 Å². The number of benzene rings is 1. The summed E-state index contributed by atoms with van der Waals surface area (Å²) in [5.41, 5.74) is 0.203. The topological polar surface area (TPSA) is 94.8 Å². The molecule has 5 nitrogen and oxygen atoms in total. The van der Waals surface area contributed by atoms with Crippen molar-refractivity contribution in [2.75, 3.05) is 0 Å². The molecule has 0 fully saturated rings. The molecule has 3 N–H and O–H groups in total. The van der Waals surface area contributed by atoms with Crippen molar-refractivity contribution in [3.63, 3.8) is 0 Å². The van der Waals surface area contributed by atoms with Crippen molar-refractivity contribution in [1.82, 2.24) is 0 Å². The Morgan fingerprint density at radius 1 is 1.07 bits per heavy atom. The molecule has 0 aliphatic heterocycles. The minimum absolute atomic E-state index is 0.0475. The molecule has 0 aliphatic carbocycles. The molecule has 0 spiro atoms. The van der Waals surface area contributed by atoms with E-state index in [2.05, 4.69) is 0 Å². The molecule has 0 radical (unpaired) electrons. The largest absolute Gasteiger partial charge is 0.479 e. The molecule has 1 atom stereocenters. The van der Waals surface area contributed by atoms with Gasteiger partial charge in [-0.1, -0.05) is 12.1 Å². The number of carbonyl (C=O) groups is 2. The van der Waals surface area contributed by atoms with E-state index in [-0.39, 0.29) is 11.1 Å². The van der Waals surface area contributed by atoms with Gasteiger partial charge in [-0.15, -0.1) is 0 Å². The average Bonchev–Trinajstić information content (AvgIpc) is 2.16. The summed E-state index contributed by atoms with van der Waals surface area (Å²) in [6, 6.07) is 5.01. The second-order valence-electron chi connectivity index (χ2n) is 2.67. The average molecular weight is 196 g/mol. The van der Waals surface area contributed by atoms with Crippen molar-refractivity contribution in [1.29, 1.82) is 0 Å². The normalized spacial score (nSPS) is 12.1. The maximum Gasteiger partial charge on any atom is 0.337 e. The van der Waals surface area contributed by atoms with E-state index in [1.807, 2.05) is 0 Å². The Bertz CT molecular complexity index is 354. The molecule has 1 aromatic rings. The molecule has 0 amide bonds. The van der Waals surface area contributed by atoms with Gasteiger partial charge >= 0.3 is 11.9 Å². The van der Waals surface area contributed by atoms with Gasteiger partial charge in [-0.05, 0) is 17.7 Å². The summed E-state index contributed by atoms with van der Waals surface area (Å²) >= 11 is 0. The first-order valence-electron chi connectivity index (χ1n) is 3.76. The predicted octanol–water partition coefficient (Wildman–Crippen LogP) is 0.503. The summed E-state index contributed by atoms with van der Waals surface area (Å²) in [4.78, 5) is 20.8. The first-order chi connectivity index (χ1) is 6.52. The molecule has 0 aliphatic rings. The highest BCUT2D eigenvalue weighted by molar-refractivity contribution is 5.87. The van der Waals surface area contributed by atoms with Gasteiger partial charge in [-0.2, -0.15) is 0 Å². The highest BCUT2D eigenvalue weighted by Gasteiger charge is 2.15. The first kappa shape index (κ1) is 10.2. The number of hydrogen-bond donors (Lipinski definition) is 3. The Balaban J connectivity index is 2.94. The minimum Gasteiger partial charge on any atom is -0.479 e. The van der Waals surface area contributed by atoms with Crippen LogP contribution in [0.15, 0.2) is 24.3 Å². The molecule has 5 heteroatoms. The summed E-state index contributed by atoms with van der Waals surface area (Å²) in [7, 11) is 0. The van der Waals surface area contributed by atoms with Crippen LogP contribution in [0.1, 0.15) is 22.0 Å². The number of carboxylic acid groups (broad SMARTS) is 2. The number of aliphatic hydroxyl groups excluding tert-OH is 1. The van der Waals surface area contributed by atoms with Crippen LogP contribution in [0, 0.1) is 0 Å². The summed E-state index contributed by atoms with van der Waals surface area (Å²) in [6.07, 6.45) is -1.61. The van der Waals surface area contributed by atoms with E-state index in [0.29, 0.717) is 0 Å². The third-order valence-electron chi connectivity index (χ3n) is 1.71. The van der Waals surface area contributed by atoms with Gasteiger partial charge in [0.25, 0.3) is 0 Å². The highest BCUT2D eigenvalue weighted by Crippen LogP contribution is 2.13. The molecule has 14 heavy (non-hydrogen) atoms. The molecule has 1 aromatic carbocycles. The summed E-state index contributed by atoms with van der Waals surface area (Å²) < 4.78 is 0. The third-order valence-corrected chi connectivity index (χ3v) is 1.71. The van der Waals surface area contributed by atoms with Crippen molar-refractivity contribution in [3.8, 4) is 0 Å². The Morgan fingerprint density at radius 2 is 1.57 bits per heavy atom. The molecule has 0 saturated carbocycles. The fourth-order valence-electron chi connectivity index (χ4n) is 0.951. The van der Waals surface area contributed by atoms with Gasteiger partial charge in [-0.3, -0.25) is 0 Å². The second-order valence-corrected chi connectivity index (χ2v) is 2.67. The zero-order valence-corrected chi connectivity index (χ0v) is 7.04. The van der Waals surface area contributed by atoms with Gasteiger partial charge in [0.05, 0.1) is 5.56 Å². The van der Waals surface area contributed by atoms with Gasteiger partial charge in [0.1, 0.15) is 0 Å². The lowest BCUT2D eigenvalue weighted by Crippen LogP contribution is -2.10. The minimum atomic E-state index is -1.61. The van der Waals surface area contributed by atoms with Gasteiger partial charge in [0.15, 0.2) is 6.10 Å². The quantitative estimate of drug-likeness (QED) is 0.654.